The van der Waals surface area contributed by atoms with E-state index in [2.05, 4.69) is 16.0 Å². The molecule has 3 aromatic carbocycles. The summed E-state index contributed by atoms with van der Waals surface area (Å²) in [6.07, 6.45) is 0. The third kappa shape index (κ3) is 5.52. The summed E-state index contributed by atoms with van der Waals surface area (Å²) in [5, 5.41) is 10.2. The maximum atomic E-state index is 11.3. The van der Waals surface area contributed by atoms with Gasteiger partial charge in [0.1, 0.15) is 5.82 Å². The van der Waals surface area contributed by atoms with Crippen molar-refractivity contribution in [1.29, 1.82) is 0 Å². The minimum atomic E-state index is -0.123. The average molecular weight is 473 g/mol. The van der Waals surface area contributed by atoms with Gasteiger partial charge in [-0.1, -0.05) is 6.07 Å². The van der Waals surface area contributed by atoms with Crippen molar-refractivity contribution in [2.45, 2.75) is 6.92 Å². The lowest BCUT2D eigenvalue weighted by molar-refractivity contribution is -0.114. The number of nitrogens with one attached hydrogen (secondary N) is 3. The molecule has 0 spiro atoms. The Morgan fingerprint density at radius 3 is 2.17 bits per heavy atom. The molecule has 0 atom stereocenters. The monoisotopic (exact) mass is 472 g/mol. The zero-order valence-electron chi connectivity index (χ0n) is 20.3. The summed E-state index contributed by atoms with van der Waals surface area (Å²) in [6.45, 7) is 1.48. The minimum absolute atomic E-state index is 0.123. The summed E-state index contributed by atoms with van der Waals surface area (Å²) in [5.41, 5.74) is 4.11. The van der Waals surface area contributed by atoms with Crippen molar-refractivity contribution in [3.05, 3.63) is 60.7 Å². The van der Waals surface area contributed by atoms with E-state index in [0.717, 1.165) is 22.4 Å². The van der Waals surface area contributed by atoms with Gasteiger partial charge in [0, 0.05) is 55.2 Å². The number of ether oxygens (including phenoxy) is 2. The predicted molar refractivity (Wildman–Crippen MR) is 141 cm³/mol. The van der Waals surface area contributed by atoms with Crippen molar-refractivity contribution in [2.24, 2.45) is 0 Å². The number of anilines is 6. The molecule has 3 N–H and O–H groups in total. The van der Waals surface area contributed by atoms with E-state index in [1.807, 2.05) is 79.7 Å². The lowest BCUT2D eigenvalue weighted by Crippen LogP contribution is -2.09. The SMILES string of the molecule is COc1cc2nc(Nc3cccc(N(C)C)c3)nc(Nc3ccc(NC(C)=O)cc3)c2cc1OC. The highest BCUT2D eigenvalue weighted by atomic mass is 16.5. The first-order chi connectivity index (χ1) is 16.9. The van der Waals surface area contributed by atoms with E-state index in [9.17, 15) is 4.79 Å². The standard InChI is InChI=1S/C26H28N6O3/c1-16(33)27-17-9-11-18(12-10-17)28-25-21-14-23(34-4)24(35-5)15-22(21)30-26(31-25)29-19-7-6-8-20(13-19)32(2)3/h6-15H,1-5H3,(H,27,33)(H2,28,29,30,31). The van der Waals surface area contributed by atoms with Crippen molar-refractivity contribution >= 4 is 51.3 Å². The van der Waals surface area contributed by atoms with Crippen LogP contribution < -0.4 is 30.3 Å². The van der Waals surface area contributed by atoms with Crippen molar-refractivity contribution in [3.63, 3.8) is 0 Å². The van der Waals surface area contributed by atoms with E-state index >= 15 is 0 Å². The normalized spacial score (nSPS) is 10.5. The maximum Gasteiger partial charge on any atom is 0.229 e. The summed E-state index contributed by atoms with van der Waals surface area (Å²) in [5.74, 6) is 2.05. The van der Waals surface area contributed by atoms with E-state index in [1.165, 1.54) is 6.92 Å². The highest BCUT2D eigenvalue weighted by Gasteiger charge is 2.14. The zero-order valence-corrected chi connectivity index (χ0v) is 20.3. The minimum Gasteiger partial charge on any atom is -0.493 e. The smallest absolute Gasteiger partial charge is 0.229 e. The number of carbonyl (C=O) groups excluding carboxylic acids is 1. The molecule has 9 nitrogen and oxygen atoms in total. The van der Waals surface area contributed by atoms with Gasteiger partial charge in [0.05, 0.1) is 19.7 Å². The Hall–Kier alpha value is -4.53. The molecule has 1 amide bonds. The summed E-state index contributed by atoms with van der Waals surface area (Å²) in [4.78, 5) is 22.8. The predicted octanol–water partition coefficient (Wildman–Crippen LogP) is 5.16. The molecule has 1 aromatic heterocycles. The van der Waals surface area contributed by atoms with Gasteiger partial charge in [-0.2, -0.15) is 4.98 Å². The van der Waals surface area contributed by atoms with Crippen LogP contribution in [-0.4, -0.2) is 44.2 Å². The first kappa shape index (κ1) is 23.6. The molecule has 1 heterocycles. The summed E-state index contributed by atoms with van der Waals surface area (Å²) >= 11 is 0. The van der Waals surface area contributed by atoms with E-state index < -0.39 is 0 Å². The molecule has 4 aromatic rings. The Morgan fingerprint density at radius 2 is 1.51 bits per heavy atom. The third-order valence-electron chi connectivity index (χ3n) is 5.29. The lowest BCUT2D eigenvalue weighted by Gasteiger charge is -2.16. The molecule has 0 fully saturated rings. The van der Waals surface area contributed by atoms with Crippen LogP contribution in [0.4, 0.5) is 34.5 Å². The van der Waals surface area contributed by atoms with Crippen molar-refractivity contribution in [3.8, 4) is 11.5 Å². The number of hydrogen-bond acceptors (Lipinski definition) is 8. The second-order valence-corrected chi connectivity index (χ2v) is 8.07. The van der Waals surface area contributed by atoms with Crippen molar-refractivity contribution < 1.29 is 14.3 Å². The molecule has 0 aliphatic rings. The number of nitrogens with zero attached hydrogens (tertiary/aromatic N) is 3. The van der Waals surface area contributed by atoms with Gasteiger partial charge in [-0.3, -0.25) is 4.79 Å². The Morgan fingerprint density at radius 1 is 0.829 bits per heavy atom. The average Bonchev–Trinajstić information content (AvgIpc) is 2.84. The fourth-order valence-corrected chi connectivity index (χ4v) is 3.57. The molecule has 4 rings (SSSR count). The van der Waals surface area contributed by atoms with Gasteiger partial charge in [-0.05, 0) is 48.5 Å². The van der Waals surface area contributed by atoms with Crippen LogP contribution >= 0.6 is 0 Å². The van der Waals surface area contributed by atoms with E-state index in [1.54, 1.807) is 14.2 Å². The molecule has 0 unspecified atom stereocenters. The summed E-state index contributed by atoms with van der Waals surface area (Å²) in [6, 6.07) is 19.0. The maximum absolute atomic E-state index is 11.3. The Bertz CT molecular complexity index is 1360. The van der Waals surface area contributed by atoms with Crippen molar-refractivity contribution in [2.75, 3.05) is 49.2 Å². The van der Waals surface area contributed by atoms with Gasteiger partial charge in [-0.15, -0.1) is 0 Å². The molecule has 0 bridgehead atoms. The number of methoxy groups -OCH3 is 2. The van der Waals surface area contributed by atoms with E-state index in [4.69, 9.17) is 19.4 Å². The second kappa shape index (κ2) is 10.2. The number of benzene rings is 3. The van der Waals surface area contributed by atoms with Gasteiger partial charge in [-0.25, -0.2) is 4.98 Å². The summed E-state index contributed by atoms with van der Waals surface area (Å²) < 4.78 is 11.0. The molecule has 0 saturated heterocycles. The number of amides is 1. The highest BCUT2D eigenvalue weighted by Crippen LogP contribution is 2.36. The topological polar surface area (TPSA) is 101 Å². The Kier molecular flexibility index (Phi) is 6.86. The first-order valence-electron chi connectivity index (χ1n) is 11.0. The quantitative estimate of drug-likeness (QED) is 0.323. The van der Waals surface area contributed by atoms with Crippen LogP contribution in [0.5, 0.6) is 11.5 Å². The fourth-order valence-electron chi connectivity index (χ4n) is 3.57. The van der Waals surface area contributed by atoms with Crippen LogP contribution in [-0.2, 0) is 4.79 Å². The lowest BCUT2D eigenvalue weighted by atomic mass is 10.2. The zero-order chi connectivity index (χ0) is 24.9. The fraction of sp³-hybridized carbons (Fsp3) is 0.192. The molecule has 180 valence electrons. The molecule has 0 aliphatic heterocycles. The van der Waals surface area contributed by atoms with Crippen LogP contribution in [0.15, 0.2) is 60.7 Å². The number of carbonyl (C=O) groups is 1. The third-order valence-corrected chi connectivity index (χ3v) is 5.29. The van der Waals surface area contributed by atoms with Crippen LogP contribution in [0.1, 0.15) is 6.92 Å². The molecule has 0 aliphatic carbocycles. The first-order valence-corrected chi connectivity index (χ1v) is 11.0. The molecule has 35 heavy (non-hydrogen) atoms. The highest BCUT2D eigenvalue weighted by molar-refractivity contribution is 5.94. The van der Waals surface area contributed by atoms with E-state index in [0.29, 0.717) is 34.5 Å². The Balaban J connectivity index is 1.75. The Labute approximate surface area is 204 Å². The van der Waals surface area contributed by atoms with Crippen LogP contribution in [0.3, 0.4) is 0 Å². The van der Waals surface area contributed by atoms with Crippen LogP contribution in [0.25, 0.3) is 10.9 Å². The van der Waals surface area contributed by atoms with Gasteiger partial charge < -0.3 is 30.3 Å². The molecular formula is C26H28N6O3. The summed E-state index contributed by atoms with van der Waals surface area (Å²) in [7, 11) is 7.16. The number of hydrogen-bond donors (Lipinski definition) is 3. The van der Waals surface area contributed by atoms with E-state index in [-0.39, 0.29) is 5.91 Å². The van der Waals surface area contributed by atoms with Crippen LogP contribution in [0.2, 0.25) is 0 Å². The van der Waals surface area contributed by atoms with Gasteiger partial charge in [0.25, 0.3) is 0 Å². The number of rotatable bonds is 8. The second-order valence-electron chi connectivity index (χ2n) is 8.07. The number of fused-ring (bicyclic) bond motifs is 1. The number of aromatic nitrogens is 2. The molecular weight excluding hydrogens is 444 g/mol. The van der Waals surface area contributed by atoms with Crippen molar-refractivity contribution in [1.82, 2.24) is 9.97 Å². The van der Waals surface area contributed by atoms with Gasteiger partial charge in [0.2, 0.25) is 11.9 Å². The molecule has 9 heteroatoms. The van der Waals surface area contributed by atoms with Gasteiger partial charge >= 0.3 is 0 Å². The largest absolute Gasteiger partial charge is 0.493 e. The molecule has 0 saturated carbocycles. The van der Waals surface area contributed by atoms with Crippen LogP contribution in [0, 0.1) is 0 Å². The molecule has 0 radical (unpaired) electrons. The van der Waals surface area contributed by atoms with Gasteiger partial charge in [0.15, 0.2) is 11.5 Å².